The van der Waals surface area contributed by atoms with Crippen molar-refractivity contribution in [1.82, 2.24) is 5.32 Å². The summed E-state index contributed by atoms with van der Waals surface area (Å²) in [5.74, 6) is -0.260. The molecule has 1 aromatic rings. The van der Waals surface area contributed by atoms with Gasteiger partial charge in [-0.15, -0.1) is 0 Å². The maximum atomic E-state index is 11.7. The average molecular weight is 388 g/mol. The summed E-state index contributed by atoms with van der Waals surface area (Å²) in [6, 6.07) is 6.73. The first-order chi connectivity index (χ1) is 10.7. The number of aliphatic carboxylic acids is 1. The second kappa shape index (κ2) is 8.79. The number of carboxylic acids is 1. The molecule has 2 N–H and O–H groups in total. The Hall–Kier alpha value is -1.72. The summed E-state index contributed by atoms with van der Waals surface area (Å²) >= 11 is 0.0483. The van der Waals surface area contributed by atoms with Crippen LogP contribution in [-0.2, 0) is 14.9 Å². The van der Waals surface area contributed by atoms with Gasteiger partial charge in [-0.05, 0) is 0 Å². The zero-order valence-electron chi connectivity index (χ0n) is 13.8. The second-order valence-electron chi connectivity index (χ2n) is 5.90. The number of carbonyl (C=O) groups is 2. The van der Waals surface area contributed by atoms with Crippen molar-refractivity contribution in [2.24, 2.45) is 0 Å². The van der Waals surface area contributed by atoms with Crippen LogP contribution in [-0.4, -0.2) is 50.9 Å². The molecule has 1 atom stereocenters. The molecule has 0 aliphatic rings. The Labute approximate surface area is 142 Å². The molecule has 0 fully saturated rings. The molecular formula is C16H23NO5Se. The fourth-order valence-corrected chi connectivity index (χ4v) is 3.75. The SMILES string of the molecule is COc1ccc(C[Se]C[C@@H](NC(=O)OC(C)(C)C)C(=O)O)cc1. The second-order valence-corrected chi connectivity index (χ2v) is 8.06. The van der Waals surface area contributed by atoms with Gasteiger partial charge in [-0.2, -0.15) is 0 Å². The molecule has 7 heteroatoms. The third-order valence-electron chi connectivity index (χ3n) is 2.70. The van der Waals surface area contributed by atoms with Crippen molar-refractivity contribution in [2.75, 3.05) is 7.11 Å². The molecule has 0 saturated heterocycles. The minimum absolute atomic E-state index is 0.0483. The predicted octanol–water partition coefficient (Wildman–Crippen LogP) is 2.30. The maximum absolute atomic E-state index is 11.7. The van der Waals surface area contributed by atoms with Gasteiger partial charge in [0.1, 0.15) is 0 Å². The van der Waals surface area contributed by atoms with E-state index in [1.54, 1.807) is 27.9 Å². The van der Waals surface area contributed by atoms with Gasteiger partial charge in [0.2, 0.25) is 0 Å². The van der Waals surface area contributed by atoms with Crippen LogP contribution in [0.15, 0.2) is 24.3 Å². The van der Waals surface area contributed by atoms with Crippen LogP contribution >= 0.6 is 0 Å². The summed E-state index contributed by atoms with van der Waals surface area (Å²) in [5, 5.41) is 12.8. The van der Waals surface area contributed by atoms with E-state index in [-0.39, 0.29) is 15.0 Å². The summed E-state index contributed by atoms with van der Waals surface area (Å²) in [4.78, 5) is 22.9. The van der Waals surface area contributed by atoms with E-state index in [0.29, 0.717) is 5.32 Å². The van der Waals surface area contributed by atoms with Crippen LogP contribution in [0.1, 0.15) is 26.3 Å². The number of carbonyl (C=O) groups excluding carboxylic acids is 1. The molecule has 6 nitrogen and oxygen atoms in total. The molecule has 1 aromatic carbocycles. The van der Waals surface area contributed by atoms with Gasteiger partial charge in [-0.25, -0.2) is 0 Å². The number of benzene rings is 1. The van der Waals surface area contributed by atoms with Crippen LogP contribution in [0.3, 0.4) is 0 Å². The fraction of sp³-hybridized carbons (Fsp3) is 0.500. The van der Waals surface area contributed by atoms with Gasteiger partial charge in [0.25, 0.3) is 0 Å². The molecule has 0 heterocycles. The molecule has 0 aliphatic carbocycles. The molecule has 0 spiro atoms. The van der Waals surface area contributed by atoms with Gasteiger partial charge < -0.3 is 0 Å². The number of nitrogens with one attached hydrogen (secondary N) is 1. The van der Waals surface area contributed by atoms with Crippen molar-refractivity contribution in [1.29, 1.82) is 0 Å². The Morgan fingerprint density at radius 1 is 1.26 bits per heavy atom. The van der Waals surface area contributed by atoms with Crippen LogP contribution in [0.4, 0.5) is 4.79 Å². The third kappa shape index (κ3) is 7.90. The Morgan fingerprint density at radius 2 is 1.87 bits per heavy atom. The Kier molecular flexibility index (Phi) is 7.39. The van der Waals surface area contributed by atoms with E-state index < -0.39 is 23.7 Å². The Morgan fingerprint density at radius 3 is 2.35 bits per heavy atom. The molecule has 1 amide bonds. The predicted molar refractivity (Wildman–Crippen MR) is 88.1 cm³/mol. The molecule has 0 bridgehead atoms. The van der Waals surface area contributed by atoms with Crippen LogP contribution in [0.5, 0.6) is 5.75 Å². The monoisotopic (exact) mass is 389 g/mol. The van der Waals surface area contributed by atoms with Gasteiger partial charge in [-0.1, -0.05) is 0 Å². The summed E-state index contributed by atoms with van der Waals surface area (Å²) in [5.41, 5.74) is 0.466. The van der Waals surface area contributed by atoms with Crippen LogP contribution in [0.25, 0.3) is 0 Å². The number of rotatable bonds is 7. The van der Waals surface area contributed by atoms with Crippen LogP contribution < -0.4 is 10.1 Å². The zero-order chi connectivity index (χ0) is 17.5. The minimum atomic E-state index is -1.05. The number of alkyl carbamates (subject to hydrolysis) is 1. The number of hydrogen-bond donors (Lipinski definition) is 2. The van der Waals surface area contributed by atoms with E-state index in [4.69, 9.17) is 9.47 Å². The Bertz CT molecular complexity index is 524. The van der Waals surface area contributed by atoms with E-state index in [9.17, 15) is 14.7 Å². The summed E-state index contributed by atoms with van der Waals surface area (Å²) in [6.07, 6.45) is -0.704. The van der Waals surface area contributed by atoms with Crippen molar-refractivity contribution in [3.63, 3.8) is 0 Å². The zero-order valence-corrected chi connectivity index (χ0v) is 15.5. The van der Waals surface area contributed by atoms with Gasteiger partial charge >= 0.3 is 142 Å². The quantitative estimate of drug-likeness (QED) is 0.701. The first-order valence-corrected chi connectivity index (χ1v) is 9.56. The summed E-state index contributed by atoms with van der Waals surface area (Å²) < 4.78 is 10.2. The van der Waals surface area contributed by atoms with Crippen LogP contribution in [0.2, 0.25) is 5.32 Å². The van der Waals surface area contributed by atoms with Crippen LogP contribution in [0, 0.1) is 0 Å². The molecular weight excluding hydrogens is 365 g/mol. The third-order valence-corrected chi connectivity index (χ3v) is 5.02. The van der Waals surface area contributed by atoms with Gasteiger partial charge in [-0.3, -0.25) is 0 Å². The Balaban J connectivity index is 2.46. The summed E-state index contributed by atoms with van der Waals surface area (Å²) in [7, 11) is 1.61. The van der Waals surface area contributed by atoms with Crippen molar-refractivity contribution >= 4 is 27.0 Å². The van der Waals surface area contributed by atoms with Crippen molar-refractivity contribution in [3.05, 3.63) is 29.8 Å². The van der Waals surface area contributed by atoms with Crippen molar-refractivity contribution < 1.29 is 24.2 Å². The van der Waals surface area contributed by atoms with Crippen molar-refractivity contribution in [2.45, 2.75) is 43.1 Å². The number of hydrogen-bond acceptors (Lipinski definition) is 4. The van der Waals surface area contributed by atoms with E-state index in [0.717, 1.165) is 16.6 Å². The number of amides is 1. The molecule has 0 radical (unpaired) electrons. The fourth-order valence-electron chi connectivity index (χ4n) is 1.64. The number of ether oxygens (including phenoxy) is 2. The summed E-state index contributed by atoms with van der Waals surface area (Å²) in [6.45, 7) is 5.20. The van der Waals surface area contributed by atoms with E-state index in [2.05, 4.69) is 5.32 Å². The average Bonchev–Trinajstić information content (AvgIpc) is 2.44. The molecule has 0 aliphatic heterocycles. The number of carboxylic acid groups (broad SMARTS) is 1. The topological polar surface area (TPSA) is 84.9 Å². The molecule has 23 heavy (non-hydrogen) atoms. The van der Waals surface area contributed by atoms with E-state index in [1.807, 2.05) is 24.3 Å². The molecule has 0 unspecified atom stereocenters. The molecule has 0 aromatic heterocycles. The first-order valence-electron chi connectivity index (χ1n) is 7.14. The first kappa shape index (κ1) is 19.3. The van der Waals surface area contributed by atoms with E-state index in [1.165, 1.54) is 0 Å². The number of methoxy groups -OCH3 is 1. The standard InChI is InChI=1S/C16H23NO5Se/c1-16(2,3)22-15(20)17-13(14(18)19)10-23-9-11-5-7-12(21-4)8-6-11/h5-8,13H,9-10H2,1-4H3,(H,17,20)(H,18,19)/t13-/m1/s1. The van der Waals surface area contributed by atoms with Gasteiger partial charge in [0.15, 0.2) is 0 Å². The van der Waals surface area contributed by atoms with Gasteiger partial charge in [0.05, 0.1) is 0 Å². The molecule has 128 valence electrons. The normalized spacial score (nSPS) is 12.3. The van der Waals surface area contributed by atoms with Gasteiger partial charge in [0, 0.05) is 0 Å². The molecule has 0 saturated carbocycles. The van der Waals surface area contributed by atoms with E-state index >= 15 is 0 Å². The van der Waals surface area contributed by atoms with Crippen molar-refractivity contribution in [3.8, 4) is 5.75 Å². The molecule has 1 rings (SSSR count).